The van der Waals surface area contributed by atoms with Crippen molar-refractivity contribution in [2.24, 2.45) is 0 Å². The van der Waals surface area contributed by atoms with Gasteiger partial charge in [0, 0.05) is 0 Å². The monoisotopic (exact) mass is 297 g/mol. The summed E-state index contributed by atoms with van der Waals surface area (Å²) in [6.07, 6.45) is 4.72. The molecule has 1 N–H and O–H groups in total. The zero-order valence-electron chi connectivity index (χ0n) is 10.6. The number of rotatable bonds is 5. The highest BCUT2D eigenvalue weighted by atomic mass is 79.9. The number of benzene rings is 1. The van der Waals surface area contributed by atoms with Gasteiger partial charge in [0.1, 0.15) is 11.4 Å². The second kappa shape index (κ2) is 5.40. The molecule has 1 saturated carbocycles. The first-order valence-corrected chi connectivity index (χ1v) is 7.04. The summed E-state index contributed by atoms with van der Waals surface area (Å²) in [6.45, 7) is 3.11. The SMILES string of the molecule is CNCCC1(Oc2ccc(C)cc2Br)CCC1. The van der Waals surface area contributed by atoms with Gasteiger partial charge in [-0.3, -0.25) is 0 Å². The molecular weight excluding hydrogens is 278 g/mol. The van der Waals surface area contributed by atoms with Crippen molar-refractivity contribution < 1.29 is 4.74 Å². The van der Waals surface area contributed by atoms with Crippen LogP contribution in [0, 0.1) is 6.92 Å². The molecule has 2 nitrogen and oxygen atoms in total. The number of hydrogen-bond acceptors (Lipinski definition) is 2. The van der Waals surface area contributed by atoms with Crippen LogP contribution in [0.4, 0.5) is 0 Å². The predicted molar refractivity (Wildman–Crippen MR) is 74.6 cm³/mol. The third-order valence-corrected chi connectivity index (χ3v) is 4.13. The predicted octanol–water partition coefficient (Wildman–Crippen LogP) is 3.67. The molecule has 94 valence electrons. The van der Waals surface area contributed by atoms with Crippen molar-refractivity contribution in [1.82, 2.24) is 5.32 Å². The van der Waals surface area contributed by atoms with Crippen molar-refractivity contribution in [1.29, 1.82) is 0 Å². The molecule has 1 aliphatic rings. The first-order valence-electron chi connectivity index (χ1n) is 6.25. The maximum atomic E-state index is 6.24. The van der Waals surface area contributed by atoms with Crippen molar-refractivity contribution in [3.63, 3.8) is 0 Å². The molecule has 1 aliphatic carbocycles. The number of hydrogen-bond donors (Lipinski definition) is 1. The Bertz CT molecular complexity index is 388. The average molecular weight is 298 g/mol. The van der Waals surface area contributed by atoms with E-state index in [0.717, 1.165) is 23.2 Å². The first-order chi connectivity index (χ1) is 8.15. The summed E-state index contributed by atoms with van der Waals surface area (Å²) in [5.41, 5.74) is 1.32. The molecule has 0 atom stereocenters. The summed E-state index contributed by atoms with van der Waals surface area (Å²) < 4.78 is 7.30. The maximum Gasteiger partial charge on any atom is 0.134 e. The van der Waals surface area contributed by atoms with Crippen LogP contribution in [0.1, 0.15) is 31.2 Å². The van der Waals surface area contributed by atoms with Gasteiger partial charge < -0.3 is 10.1 Å². The number of aryl methyl sites for hydroxylation is 1. The zero-order chi connectivity index (χ0) is 12.3. The lowest BCUT2D eigenvalue weighted by atomic mass is 9.77. The quantitative estimate of drug-likeness (QED) is 0.895. The molecule has 1 aromatic carbocycles. The van der Waals surface area contributed by atoms with Gasteiger partial charge in [-0.15, -0.1) is 0 Å². The van der Waals surface area contributed by atoms with E-state index in [2.05, 4.69) is 46.4 Å². The van der Waals surface area contributed by atoms with Crippen molar-refractivity contribution in [2.75, 3.05) is 13.6 Å². The van der Waals surface area contributed by atoms with Crippen LogP contribution >= 0.6 is 15.9 Å². The van der Waals surface area contributed by atoms with Gasteiger partial charge in [0.25, 0.3) is 0 Å². The zero-order valence-corrected chi connectivity index (χ0v) is 12.1. The molecule has 0 unspecified atom stereocenters. The van der Waals surface area contributed by atoms with Crippen molar-refractivity contribution in [2.45, 2.75) is 38.2 Å². The Morgan fingerprint density at radius 2 is 2.18 bits per heavy atom. The molecule has 3 heteroatoms. The fourth-order valence-corrected chi connectivity index (χ4v) is 2.82. The number of nitrogens with one attached hydrogen (secondary N) is 1. The van der Waals surface area contributed by atoms with Gasteiger partial charge in [-0.2, -0.15) is 0 Å². The van der Waals surface area contributed by atoms with E-state index in [1.807, 2.05) is 7.05 Å². The largest absolute Gasteiger partial charge is 0.486 e. The first kappa shape index (κ1) is 12.9. The lowest BCUT2D eigenvalue weighted by Gasteiger charge is -2.42. The van der Waals surface area contributed by atoms with Gasteiger partial charge in [-0.05, 0) is 79.8 Å². The average Bonchev–Trinajstić information content (AvgIpc) is 2.25. The second-order valence-corrected chi connectivity index (χ2v) is 5.78. The molecule has 0 saturated heterocycles. The fourth-order valence-electron chi connectivity index (χ4n) is 2.25. The lowest BCUT2D eigenvalue weighted by molar-refractivity contribution is -0.0145. The van der Waals surface area contributed by atoms with Crippen LogP contribution in [0.15, 0.2) is 22.7 Å². The minimum Gasteiger partial charge on any atom is -0.486 e. The molecular formula is C14H20BrNO. The normalized spacial score (nSPS) is 17.6. The molecule has 0 aromatic heterocycles. The Labute approximate surface area is 112 Å². The van der Waals surface area contributed by atoms with E-state index in [1.165, 1.54) is 24.8 Å². The van der Waals surface area contributed by atoms with Crippen LogP contribution < -0.4 is 10.1 Å². The summed E-state index contributed by atoms with van der Waals surface area (Å²) in [4.78, 5) is 0. The minimum atomic E-state index is 0.0702. The van der Waals surface area contributed by atoms with E-state index in [-0.39, 0.29) is 5.60 Å². The van der Waals surface area contributed by atoms with Crippen LogP contribution in [0.2, 0.25) is 0 Å². The highest BCUT2D eigenvalue weighted by Gasteiger charge is 2.39. The standard InChI is InChI=1S/C14H20BrNO/c1-11-4-5-13(12(15)10-11)17-14(6-3-7-14)8-9-16-2/h4-5,10,16H,3,6-9H2,1-2H3. The summed E-state index contributed by atoms with van der Waals surface area (Å²) in [6, 6.07) is 6.28. The van der Waals surface area contributed by atoms with Crippen LogP contribution in [0.5, 0.6) is 5.75 Å². The molecule has 0 aliphatic heterocycles. The maximum absolute atomic E-state index is 6.24. The highest BCUT2D eigenvalue weighted by Crippen LogP contribution is 2.41. The Morgan fingerprint density at radius 3 is 2.71 bits per heavy atom. The highest BCUT2D eigenvalue weighted by molar-refractivity contribution is 9.10. The molecule has 1 fully saturated rings. The summed E-state index contributed by atoms with van der Waals surface area (Å²) in [5, 5.41) is 3.21. The molecule has 2 rings (SSSR count). The van der Waals surface area contributed by atoms with Crippen LogP contribution in [-0.4, -0.2) is 19.2 Å². The van der Waals surface area contributed by atoms with E-state index < -0.39 is 0 Å². The number of halogens is 1. The van der Waals surface area contributed by atoms with Crippen LogP contribution in [0.25, 0.3) is 0 Å². The fraction of sp³-hybridized carbons (Fsp3) is 0.571. The van der Waals surface area contributed by atoms with Crippen molar-refractivity contribution >= 4 is 15.9 Å². The summed E-state index contributed by atoms with van der Waals surface area (Å²) in [5.74, 6) is 0.978. The minimum absolute atomic E-state index is 0.0702. The van der Waals surface area contributed by atoms with Crippen molar-refractivity contribution in [3.05, 3.63) is 28.2 Å². The summed E-state index contributed by atoms with van der Waals surface area (Å²) >= 11 is 3.58. The van der Waals surface area contributed by atoms with Gasteiger partial charge in [-0.25, -0.2) is 0 Å². The Hall–Kier alpha value is -0.540. The number of ether oxygens (including phenoxy) is 1. The van der Waals surface area contributed by atoms with Gasteiger partial charge in [0.2, 0.25) is 0 Å². The Balaban J connectivity index is 2.07. The van der Waals surface area contributed by atoms with Crippen molar-refractivity contribution in [3.8, 4) is 5.75 Å². The molecule has 0 heterocycles. The lowest BCUT2D eigenvalue weighted by Crippen LogP contribution is -2.45. The van der Waals surface area contributed by atoms with E-state index in [0.29, 0.717) is 0 Å². The third kappa shape index (κ3) is 3.02. The van der Waals surface area contributed by atoms with Crippen LogP contribution in [-0.2, 0) is 0 Å². The van der Waals surface area contributed by atoms with Gasteiger partial charge in [-0.1, -0.05) is 6.07 Å². The van der Waals surface area contributed by atoms with E-state index in [9.17, 15) is 0 Å². The molecule has 17 heavy (non-hydrogen) atoms. The van der Waals surface area contributed by atoms with Gasteiger partial charge in [0.05, 0.1) is 4.47 Å². The smallest absolute Gasteiger partial charge is 0.134 e. The topological polar surface area (TPSA) is 21.3 Å². The van der Waals surface area contributed by atoms with Gasteiger partial charge in [0.15, 0.2) is 0 Å². The second-order valence-electron chi connectivity index (χ2n) is 4.93. The third-order valence-electron chi connectivity index (χ3n) is 3.51. The molecule has 0 spiro atoms. The molecule has 1 aromatic rings. The van der Waals surface area contributed by atoms with E-state index >= 15 is 0 Å². The molecule has 0 radical (unpaired) electrons. The Kier molecular flexibility index (Phi) is 4.10. The molecule has 0 bridgehead atoms. The Morgan fingerprint density at radius 1 is 1.41 bits per heavy atom. The van der Waals surface area contributed by atoms with Gasteiger partial charge >= 0.3 is 0 Å². The summed E-state index contributed by atoms with van der Waals surface area (Å²) in [7, 11) is 1.99. The van der Waals surface area contributed by atoms with E-state index in [1.54, 1.807) is 0 Å². The van der Waals surface area contributed by atoms with Crippen LogP contribution in [0.3, 0.4) is 0 Å². The van der Waals surface area contributed by atoms with E-state index in [4.69, 9.17) is 4.74 Å². The molecule has 0 amide bonds.